The summed E-state index contributed by atoms with van der Waals surface area (Å²) in [6.45, 7) is 5.96. The molecule has 0 unspecified atom stereocenters. The van der Waals surface area contributed by atoms with Crippen LogP contribution in [0.4, 0.5) is 0 Å². The molecule has 0 spiro atoms. The van der Waals surface area contributed by atoms with Gasteiger partial charge in [-0.3, -0.25) is 19.2 Å². The number of rotatable bonds is 8. The number of carbonyl (C=O) groups is 4. The smallest absolute Gasteiger partial charge is 0.268 e. The van der Waals surface area contributed by atoms with Crippen molar-refractivity contribution in [3.05, 3.63) is 101 Å². The molecule has 4 aromatic rings. The summed E-state index contributed by atoms with van der Waals surface area (Å²) in [5.74, 6) is 0.907. The number of amides is 4. The summed E-state index contributed by atoms with van der Waals surface area (Å²) in [5.41, 5.74) is 2.14. The molecule has 7 rings (SSSR count). The molecule has 2 bridgehead atoms. The molecule has 4 amide bonds. The van der Waals surface area contributed by atoms with E-state index >= 15 is 0 Å². The van der Waals surface area contributed by atoms with Gasteiger partial charge in [-0.05, 0) is 79.8 Å². The first kappa shape index (κ1) is 37.3. The Balaban J connectivity index is 1.34. The van der Waals surface area contributed by atoms with Crippen LogP contribution >= 0.6 is 0 Å². The molecule has 4 heterocycles. The van der Waals surface area contributed by atoms with Gasteiger partial charge in [0.1, 0.15) is 36.7 Å². The van der Waals surface area contributed by atoms with Crippen LogP contribution in [0.25, 0.3) is 0 Å². The molecule has 1 saturated carbocycles. The minimum Gasteiger partial charge on any atom is -0.491 e. The van der Waals surface area contributed by atoms with Gasteiger partial charge in [0.25, 0.3) is 5.91 Å². The molecule has 2 aliphatic heterocycles. The van der Waals surface area contributed by atoms with E-state index in [4.69, 9.17) is 14.8 Å². The Kier molecular flexibility index (Phi) is 11.9. The van der Waals surface area contributed by atoms with Crippen molar-refractivity contribution in [2.75, 3.05) is 6.61 Å². The SMILES string of the molecule is CC(C)C[C@H]1COc2ccc(cc2)C[C@H](NC(=O)c2cccn2C)C(=O)N[C@H](C)C(=O)N[C@H](Cc2ccccc2)c2nc(CC3CC3)nn2CC(=O)N1. The Morgan fingerprint density at radius 3 is 2.38 bits per heavy atom. The topological polar surface area (TPSA) is 161 Å². The zero-order valence-corrected chi connectivity index (χ0v) is 30.9. The Morgan fingerprint density at radius 1 is 0.943 bits per heavy atom. The maximum absolute atomic E-state index is 13.9. The Labute approximate surface area is 310 Å². The van der Waals surface area contributed by atoms with E-state index in [0.717, 1.165) is 24.0 Å². The van der Waals surface area contributed by atoms with Crippen molar-refractivity contribution in [1.29, 1.82) is 0 Å². The number of aryl methyl sites for hydroxylation is 1. The van der Waals surface area contributed by atoms with Crippen molar-refractivity contribution in [2.24, 2.45) is 18.9 Å². The van der Waals surface area contributed by atoms with Gasteiger partial charge in [0.2, 0.25) is 17.7 Å². The van der Waals surface area contributed by atoms with Crippen molar-refractivity contribution < 1.29 is 23.9 Å². The van der Waals surface area contributed by atoms with Crippen LogP contribution in [-0.2, 0) is 47.2 Å². The predicted molar refractivity (Wildman–Crippen MR) is 199 cm³/mol. The summed E-state index contributed by atoms with van der Waals surface area (Å²) >= 11 is 0. The molecule has 2 aromatic carbocycles. The Morgan fingerprint density at radius 2 is 1.70 bits per heavy atom. The maximum atomic E-state index is 13.9. The number of hydrogen-bond donors (Lipinski definition) is 4. The van der Waals surface area contributed by atoms with E-state index in [2.05, 4.69) is 35.1 Å². The number of aromatic nitrogens is 4. The summed E-state index contributed by atoms with van der Waals surface area (Å²) in [6.07, 6.45) is 5.92. The normalized spacial score (nSPS) is 21.6. The van der Waals surface area contributed by atoms with E-state index in [0.29, 0.717) is 54.2 Å². The van der Waals surface area contributed by atoms with Gasteiger partial charge in [-0.25, -0.2) is 9.67 Å². The second-order valence-electron chi connectivity index (χ2n) is 14.8. The quantitative estimate of drug-likeness (QED) is 0.217. The molecule has 53 heavy (non-hydrogen) atoms. The summed E-state index contributed by atoms with van der Waals surface area (Å²) in [5, 5.41) is 16.8. The average Bonchev–Trinajstić information content (AvgIpc) is 3.69. The standard InChI is InChI=1S/C40H50N8O5/c1-25(2)19-30-24-53-31-16-14-28(15-17-31)21-33(44-40(52)34-11-8-18-47(34)4)39(51)41-26(3)38(50)43-32(20-27-9-6-5-7-10-27)37-45-35(22-29-12-13-29)46-48(37)23-36(49)42-30/h5-11,14-18,25-26,29-30,32-33H,12-13,19-24H2,1-4H3,(H,41,51)(H,42,49)(H,43,50)(H,44,52)/t26-,30+,32-,33+/m1/s1. The lowest BCUT2D eigenvalue weighted by atomic mass is 10.0. The lowest BCUT2D eigenvalue weighted by Crippen LogP contribution is -2.54. The van der Waals surface area contributed by atoms with Crippen LogP contribution in [0.2, 0.25) is 0 Å². The van der Waals surface area contributed by atoms with Crippen LogP contribution in [0, 0.1) is 11.8 Å². The first-order valence-electron chi connectivity index (χ1n) is 18.5. The molecule has 0 saturated heterocycles. The van der Waals surface area contributed by atoms with E-state index in [1.807, 2.05) is 54.6 Å². The minimum atomic E-state index is -0.983. The highest BCUT2D eigenvalue weighted by Gasteiger charge is 2.31. The van der Waals surface area contributed by atoms with Gasteiger partial charge < -0.3 is 30.6 Å². The average molecular weight is 723 g/mol. The van der Waals surface area contributed by atoms with Crippen molar-refractivity contribution in [2.45, 2.75) is 90.0 Å². The number of hydrogen-bond acceptors (Lipinski definition) is 7. The molecular formula is C40H50N8O5. The third-order valence-electron chi connectivity index (χ3n) is 9.60. The fraction of sp³-hybridized carbons (Fsp3) is 0.450. The van der Waals surface area contributed by atoms with E-state index in [9.17, 15) is 19.2 Å². The first-order chi connectivity index (χ1) is 25.5. The van der Waals surface area contributed by atoms with E-state index in [-0.39, 0.29) is 31.5 Å². The van der Waals surface area contributed by atoms with Crippen LogP contribution in [0.15, 0.2) is 72.9 Å². The van der Waals surface area contributed by atoms with Crippen LogP contribution in [0.5, 0.6) is 5.75 Å². The number of nitrogens with zero attached hydrogens (tertiary/aromatic N) is 4. The third kappa shape index (κ3) is 10.3. The lowest BCUT2D eigenvalue weighted by molar-refractivity contribution is -0.130. The second kappa shape index (κ2) is 16.9. The van der Waals surface area contributed by atoms with Crippen LogP contribution < -0.4 is 26.0 Å². The number of benzene rings is 2. The van der Waals surface area contributed by atoms with Gasteiger partial charge in [0.15, 0.2) is 11.6 Å². The highest BCUT2D eigenvalue weighted by atomic mass is 16.5. The molecule has 4 atom stereocenters. The summed E-state index contributed by atoms with van der Waals surface area (Å²) < 4.78 is 9.44. The third-order valence-corrected chi connectivity index (χ3v) is 9.60. The van der Waals surface area contributed by atoms with E-state index < -0.39 is 35.8 Å². The lowest BCUT2D eigenvalue weighted by Gasteiger charge is -2.25. The van der Waals surface area contributed by atoms with Gasteiger partial charge in [-0.1, -0.05) is 56.3 Å². The molecule has 1 fully saturated rings. The van der Waals surface area contributed by atoms with Crippen LogP contribution in [0.1, 0.15) is 79.3 Å². The minimum absolute atomic E-state index is 0.0910. The molecule has 4 N–H and O–H groups in total. The predicted octanol–water partition coefficient (Wildman–Crippen LogP) is 3.44. The molecule has 13 nitrogen and oxygen atoms in total. The molecule has 0 radical (unpaired) electrons. The maximum Gasteiger partial charge on any atom is 0.268 e. The molecule has 280 valence electrons. The zero-order valence-electron chi connectivity index (χ0n) is 30.9. The summed E-state index contributed by atoms with van der Waals surface area (Å²) in [4.78, 5) is 59.7. The van der Waals surface area contributed by atoms with Crippen molar-refractivity contribution >= 4 is 23.6 Å². The molecule has 1 aliphatic carbocycles. The largest absolute Gasteiger partial charge is 0.491 e. The number of fused-ring (bicyclic) bond motifs is 14. The fourth-order valence-corrected chi connectivity index (χ4v) is 6.62. The fourth-order valence-electron chi connectivity index (χ4n) is 6.62. The molecule has 2 aromatic heterocycles. The number of nitrogens with one attached hydrogen (secondary N) is 4. The Hall–Kier alpha value is -5.46. The molecule has 13 heteroatoms. The van der Waals surface area contributed by atoms with Gasteiger partial charge in [0, 0.05) is 26.1 Å². The first-order valence-corrected chi connectivity index (χ1v) is 18.5. The van der Waals surface area contributed by atoms with Crippen LogP contribution in [0.3, 0.4) is 0 Å². The van der Waals surface area contributed by atoms with E-state index in [1.165, 1.54) is 0 Å². The van der Waals surface area contributed by atoms with Crippen LogP contribution in [-0.4, -0.2) is 67.7 Å². The van der Waals surface area contributed by atoms with Crippen molar-refractivity contribution in [3.63, 3.8) is 0 Å². The van der Waals surface area contributed by atoms with Gasteiger partial charge in [-0.15, -0.1) is 0 Å². The second-order valence-corrected chi connectivity index (χ2v) is 14.8. The van der Waals surface area contributed by atoms with Gasteiger partial charge in [0.05, 0.1) is 12.1 Å². The molecule has 3 aliphatic rings. The zero-order chi connectivity index (χ0) is 37.5. The Bertz CT molecular complexity index is 1880. The van der Waals surface area contributed by atoms with Gasteiger partial charge >= 0.3 is 0 Å². The molecular weight excluding hydrogens is 672 g/mol. The van der Waals surface area contributed by atoms with E-state index in [1.54, 1.807) is 41.5 Å². The highest BCUT2D eigenvalue weighted by Crippen LogP contribution is 2.32. The summed E-state index contributed by atoms with van der Waals surface area (Å²) in [7, 11) is 1.76. The summed E-state index contributed by atoms with van der Waals surface area (Å²) in [6, 6.07) is 17.6. The van der Waals surface area contributed by atoms with Gasteiger partial charge in [-0.2, -0.15) is 5.10 Å². The monoisotopic (exact) mass is 722 g/mol. The van der Waals surface area contributed by atoms with Crippen molar-refractivity contribution in [1.82, 2.24) is 40.6 Å². The number of carbonyl (C=O) groups excluding carboxylic acids is 4. The van der Waals surface area contributed by atoms with Crippen molar-refractivity contribution in [3.8, 4) is 5.75 Å². The highest BCUT2D eigenvalue weighted by molar-refractivity contribution is 5.97. The number of ether oxygens (including phenoxy) is 1.